The predicted molar refractivity (Wildman–Crippen MR) is 74.6 cm³/mol. The van der Waals surface area contributed by atoms with E-state index in [1.54, 1.807) is 0 Å². The van der Waals surface area contributed by atoms with E-state index >= 15 is 0 Å². The highest BCUT2D eigenvalue weighted by Gasteiger charge is 2.40. The molecular weight excluding hydrogens is 222 g/mol. The van der Waals surface area contributed by atoms with Crippen molar-refractivity contribution in [3.8, 4) is 0 Å². The molecule has 0 amide bonds. The highest BCUT2D eigenvalue weighted by molar-refractivity contribution is 4.96. The number of hydrogen-bond acceptors (Lipinski definition) is 2. The lowest BCUT2D eigenvalue weighted by molar-refractivity contribution is -0.00420. The lowest BCUT2D eigenvalue weighted by Crippen LogP contribution is -2.37. The van der Waals surface area contributed by atoms with Gasteiger partial charge in [0, 0.05) is 12.6 Å². The quantitative estimate of drug-likeness (QED) is 0.701. The van der Waals surface area contributed by atoms with Crippen molar-refractivity contribution in [2.24, 2.45) is 17.8 Å². The molecule has 0 aliphatic heterocycles. The molecule has 2 nitrogen and oxygen atoms in total. The second-order valence-electron chi connectivity index (χ2n) is 6.83. The van der Waals surface area contributed by atoms with Crippen molar-refractivity contribution >= 4 is 0 Å². The van der Waals surface area contributed by atoms with E-state index in [9.17, 15) is 0 Å². The summed E-state index contributed by atoms with van der Waals surface area (Å²) in [6, 6.07) is 0.831. The maximum atomic E-state index is 6.08. The van der Waals surface area contributed by atoms with Crippen LogP contribution in [0, 0.1) is 17.8 Å². The molecule has 3 saturated carbocycles. The average molecular weight is 251 g/mol. The molecule has 104 valence electrons. The fourth-order valence-electron chi connectivity index (χ4n) is 3.59. The third-order valence-electron chi connectivity index (χ3n) is 5.11. The molecule has 0 bridgehead atoms. The lowest BCUT2D eigenvalue weighted by Gasteiger charge is -2.29. The van der Waals surface area contributed by atoms with E-state index in [0.29, 0.717) is 6.10 Å². The monoisotopic (exact) mass is 251 g/mol. The van der Waals surface area contributed by atoms with Crippen molar-refractivity contribution in [2.45, 2.75) is 70.4 Å². The molecule has 3 fully saturated rings. The molecule has 3 rings (SSSR count). The molecule has 3 aliphatic rings. The molecule has 1 N–H and O–H groups in total. The zero-order valence-electron chi connectivity index (χ0n) is 11.9. The summed E-state index contributed by atoms with van der Waals surface area (Å²) in [5.74, 6) is 2.79. The number of hydrogen-bond donors (Lipinski definition) is 1. The standard InChI is InChI=1S/C16H29NO/c1-12-4-2-3-5-15(12)18-11-10-17-16(13-6-7-13)14-8-9-14/h12-17H,2-11H2,1H3. The fourth-order valence-corrected chi connectivity index (χ4v) is 3.59. The summed E-state index contributed by atoms with van der Waals surface area (Å²) in [5, 5.41) is 3.77. The highest BCUT2D eigenvalue weighted by atomic mass is 16.5. The van der Waals surface area contributed by atoms with Crippen LogP contribution in [0.3, 0.4) is 0 Å². The van der Waals surface area contributed by atoms with Gasteiger partial charge in [-0.25, -0.2) is 0 Å². The van der Waals surface area contributed by atoms with Gasteiger partial charge in [-0.05, 0) is 56.3 Å². The summed E-state index contributed by atoms with van der Waals surface area (Å²) in [4.78, 5) is 0. The van der Waals surface area contributed by atoms with Gasteiger partial charge in [-0.1, -0.05) is 19.8 Å². The molecule has 18 heavy (non-hydrogen) atoms. The zero-order valence-corrected chi connectivity index (χ0v) is 11.9. The minimum Gasteiger partial charge on any atom is -0.377 e. The van der Waals surface area contributed by atoms with Crippen LogP contribution < -0.4 is 5.32 Å². The summed E-state index contributed by atoms with van der Waals surface area (Å²) in [6.45, 7) is 4.35. The molecule has 2 atom stereocenters. The van der Waals surface area contributed by atoms with Gasteiger partial charge in [-0.2, -0.15) is 0 Å². The summed E-state index contributed by atoms with van der Waals surface area (Å²) >= 11 is 0. The third-order valence-corrected chi connectivity index (χ3v) is 5.11. The number of ether oxygens (including phenoxy) is 1. The van der Waals surface area contributed by atoms with Gasteiger partial charge >= 0.3 is 0 Å². The van der Waals surface area contributed by atoms with Crippen molar-refractivity contribution in [1.82, 2.24) is 5.32 Å². The first kappa shape index (κ1) is 12.9. The van der Waals surface area contributed by atoms with Crippen molar-refractivity contribution < 1.29 is 4.74 Å². The second-order valence-corrected chi connectivity index (χ2v) is 6.83. The molecule has 0 saturated heterocycles. The maximum Gasteiger partial charge on any atom is 0.0601 e. The normalized spacial score (nSPS) is 33.0. The Balaban J connectivity index is 1.31. The molecule has 0 radical (unpaired) electrons. The van der Waals surface area contributed by atoms with Crippen LogP contribution in [0.1, 0.15) is 58.3 Å². The minimum atomic E-state index is 0.542. The Morgan fingerprint density at radius 2 is 1.67 bits per heavy atom. The molecule has 0 aromatic rings. The van der Waals surface area contributed by atoms with E-state index in [-0.39, 0.29) is 0 Å². The maximum absolute atomic E-state index is 6.08. The van der Waals surface area contributed by atoms with Crippen LogP contribution in [0.2, 0.25) is 0 Å². The van der Waals surface area contributed by atoms with E-state index in [2.05, 4.69) is 12.2 Å². The number of rotatable bonds is 7. The molecule has 2 heteroatoms. The second kappa shape index (κ2) is 5.92. The predicted octanol–water partition coefficient (Wildman–Crippen LogP) is 3.36. The highest BCUT2D eigenvalue weighted by Crippen LogP contribution is 2.44. The van der Waals surface area contributed by atoms with Crippen LogP contribution in [0.25, 0.3) is 0 Å². The van der Waals surface area contributed by atoms with E-state index in [4.69, 9.17) is 4.74 Å². The van der Waals surface area contributed by atoms with Crippen molar-refractivity contribution in [2.75, 3.05) is 13.2 Å². The number of nitrogens with one attached hydrogen (secondary N) is 1. The summed E-state index contributed by atoms with van der Waals surface area (Å²) in [7, 11) is 0. The lowest BCUT2D eigenvalue weighted by atomic mass is 9.88. The van der Waals surface area contributed by atoms with Gasteiger partial charge in [-0.15, -0.1) is 0 Å². The molecule has 0 aromatic heterocycles. The van der Waals surface area contributed by atoms with Gasteiger partial charge in [0.15, 0.2) is 0 Å². The molecular formula is C16H29NO. The Hall–Kier alpha value is -0.0800. The van der Waals surface area contributed by atoms with E-state index in [1.807, 2.05) is 0 Å². The van der Waals surface area contributed by atoms with Gasteiger partial charge in [0.05, 0.1) is 12.7 Å². The first-order valence-electron chi connectivity index (χ1n) is 8.19. The van der Waals surface area contributed by atoms with Gasteiger partial charge in [0.25, 0.3) is 0 Å². The smallest absolute Gasteiger partial charge is 0.0601 e. The Bertz CT molecular complexity index is 248. The molecule has 0 spiro atoms. The molecule has 0 aromatic carbocycles. The van der Waals surface area contributed by atoms with E-state index in [0.717, 1.165) is 36.9 Å². The van der Waals surface area contributed by atoms with Crippen molar-refractivity contribution in [3.63, 3.8) is 0 Å². The van der Waals surface area contributed by atoms with Crippen LogP contribution in [-0.2, 0) is 4.74 Å². The van der Waals surface area contributed by atoms with Gasteiger partial charge in [0.2, 0.25) is 0 Å². The Morgan fingerprint density at radius 3 is 2.28 bits per heavy atom. The van der Waals surface area contributed by atoms with Crippen molar-refractivity contribution in [1.29, 1.82) is 0 Å². The van der Waals surface area contributed by atoms with Crippen LogP contribution in [-0.4, -0.2) is 25.3 Å². The first-order chi connectivity index (χ1) is 8.84. The van der Waals surface area contributed by atoms with E-state index < -0.39 is 0 Å². The van der Waals surface area contributed by atoms with Gasteiger partial charge in [0.1, 0.15) is 0 Å². The molecule has 2 unspecified atom stereocenters. The Morgan fingerprint density at radius 1 is 1.00 bits per heavy atom. The average Bonchev–Trinajstić information content (AvgIpc) is 3.25. The van der Waals surface area contributed by atoms with Crippen LogP contribution >= 0.6 is 0 Å². The Labute approximate surface area is 112 Å². The van der Waals surface area contributed by atoms with Gasteiger partial charge in [-0.3, -0.25) is 0 Å². The summed E-state index contributed by atoms with van der Waals surface area (Å²) in [5.41, 5.74) is 0. The minimum absolute atomic E-state index is 0.542. The first-order valence-corrected chi connectivity index (χ1v) is 8.19. The largest absolute Gasteiger partial charge is 0.377 e. The SMILES string of the molecule is CC1CCCCC1OCCNC(C1CC1)C1CC1. The topological polar surface area (TPSA) is 21.3 Å². The van der Waals surface area contributed by atoms with E-state index in [1.165, 1.54) is 51.4 Å². The van der Waals surface area contributed by atoms with Crippen LogP contribution in [0.5, 0.6) is 0 Å². The van der Waals surface area contributed by atoms with Crippen LogP contribution in [0.4, 0.5) is 0 Å². The molecule has 0 heterocycles. The van der Waals surface area contributed by atoms with Crippen LogP contribution in [0.15, 0.2) is 0 Å². The Kier molecular flexibility index (Phi) is 4.25. The summed E-state index contributed by atoms with van der Waals surface area (Å²) < 4.78 is 6.08. The fraction of sp³-hybridized carbons (Fsp3) is 1.00. The summed E-state index contributed by atoms with van der Waals surface area (Å²) in [6.07, 6.45) is 11.8. The molecule has 3 aliphatic carbocycles. The third kappa shape index (κ3) is 3.48. The zero-order chi connectivity index (χ0) is 12.4. The van der Waals surface area contributed by atoms with Crippen molar-refractivity contribution in [3.05, 3.63) is 0 Å². The van der Waals surface area contributed by atoms with Gasteiger partial charge < -0.3 is 10.1 Å².